The summed E-state index contributed by atoms with van der Waals surface area (Å²) in [6.07, 6.45) is 3.95. The number of amides is 1. The topological polar surface area (TPSA) is 72.7 Å². The first-order valence-electron chi connectivity index (χ1n) is 9.00. The molecule has 1 N–H and O–H groups in total. The summed E-state index contributed by atoms with van der Waals surface area (Å²) in [6.45, 7) is 5.09. The van der Waals surface area contributed by atoms with Crippen LogP contribution in [-0.2, 0) is 17.8 Å². The molecule has 0 aliphatic heterocycles. The molecule has 0 fully saturated rings. The summed E-state index contributed by atoms with van der Waals surface area (Å²) in [5.74, 6) is 1.47. The Morgan fingerprint density at radius 3 is 2.68 bits per heavy atom. The molecule has 0 atom stereocenters. The molecular formula is C20H22ClN5OS. The number of thioether (sulfide) groups is 1. The highest BCUT2D eigenvalue weighted by molar-refractivity contribution is 7.99. The quantitative estimate of drug-likeness (QED) is 0.555. The highest BCUT2D eigenvalue weighted by Gasteiger charge is 2.16. The van der Waals surface area contributed by atoms with Crippen LogP contribution >= 0.6 is 23.4 Å². The van der Waals surface area contributed by atoms with Crippen molar-refractivity contribution >= 4 is 35.0 Å². The second kappa shape index (κ2) is 9.71. The van der Waals surface area contributed by atoms with E-state index in [0.29, 0.717) is 23.0 Å². The van der Waals surface area contributed by atoms with E-state index in [2.05, 4.69) is 38.9 Å². The summed E-state index contributed by atoms with van der Waals surface area (Å²) in [5.41, 5.74) is 1.80. The molecule has 8 heteroatoms. The van der Waals surface area contributed by atoms with E-state index < -0.39 is 0 Å². The zero-order valence-corrected chi connectivity index (χ0v) is 17.4. The van der Waals surface area contributed by atoms with Crippen molar-refractivity contribution < 1.29 is 4.79 Å². The van der Waals surface area contributed by atoms with E-state index in [-0.39, 0.29) is 11.7 Å². The van der Waals surface area contributed by atoms with Crippen LogP contribution in [0.2, 0.25) is 5.02 Å². The molecule has 0 radical (unpaired) electrons. The fourth-order valence-electron chi connectivity index (χ4n) is 2.65. The van der Waals surface area contributed by atoms with E-state index in [1.165, 1.54) is 11.8 Å². The number of hydrogen-bond donors (Lipinski definition) is 1. The lowest BCUT2D eigenvalue weighted by Gasteiger charge is -2.12. The Hall–Kier alpha value is -2.38. The molecule has 2 heterocycles. The van der Waals surface area contributed by atoms with Crippen molar-refractivity contribution in [2.45, 2.75) is 32.0 Å². The van der Waals surface area contributed by atoms with Gasteiger partial charge in [0, 0.05) is 24.2 Å². The van der Waals surface area contributed by atoms with Gasteiger partial charge in [0.05, 0.1) is 17.6 Å². The van der Waals surface area contributed by atoms with Gasteiger partial charge in [-0.25, -0.2) is 0 Å². The van der Waals surface area contributed by atoms with E-state index in [1.807, 2.05) is 24.3 Å². The predicted molar refractivity (Wildman–Crippen MR) is 113 cm³/mol. The van der Waals surface area contributed by atoms with Crippen molar-refractivity contribution in [2.75, 3.05) is 11.1 Å². The van der Waals surface area contributed by atoms with Gasteiger partial charge in [-0.05, 0) is 35.7 Å². The van der Waals surface area contributed by atoms with Gasteiger partial charge in [0.1, 0.15) is 5.82 Å². The number of benzene rings is 1. The SMILES string of the molecule is CC(C)Cn1c(Cc2ccc(Cl)cc2)nnc1SCC(=O)Nc1cccnc1. The molecular weight excluding hydrogens is 394 g/mol. The highest BCUT2D eigenvalue weighted by Crippen LogP contribution is 2.21. The Morgan fingerprint density at radius 2 is 2.00 bits per heavy atom. The minimum Gasteiger partial charge on any atom is -0.324 e. The zero-order chi connectivity index (χ0) is 19.9. The summed E-state index contributed by atoms with van der Waals surface area (Å²) in [5, 5.41) is 13.0. The summed E-state index contributed by atoms with van der Waals surface area (Å²) in [4.78, 5) is 16.2. The van der Waals surface area contributed by atoms with Gasteiger partial charge < -0.3 is 9.88 Å². The van der Waals surface area contributed by atoms with E-state index in [4.69, 9.17) is 11.6 Å². The Labute approximate surface area is 173 Å². The number of anilines is 1. The molecule has 28 heavy (non-hydrogen) atoms. The highest BCUT2D eigenvalue weighted by atomic mass is 35.5. The van der Waals surface area contributed by atoms with Gasteiger partial charge in [-0.15, -0.1) is 10.2 Å². The largest absolute Gasteiger partial charge is 0.324 e. The molecule has 0 spiro atoms. The molecule has 0 aliphatic rings. The molecule has 6 nitrogen and oxygen atoms in total. The number of pyridine rings is 1. The van der Waals surface area contributed by atoms with Crippen molar-refractivity contribution in [3.05, 3.63) is 65.2 Å². The number of aromatic nitrogens is 4. The lowest BCUT2D eigenvalue weighted by molar-refractivity contribution is -0.113. The standard InChI is InChI=1S/C20H22ClN5OS/c1-14(2)12-26-18(10-15-5-7-16(21)8-6-15)24-25-20(26)28-13-19(27)23-17-4-3-9-22-11-17/h3-9,11,14H,10,12-13H2,1-2H3,(H,23,27). The molecule has 0 saturated carbocycles. The summed E-state index contributed by atoms with van der Waals surface area (Å²) >= 11 is 7.36. The maximum absolute atomic E-state index is 12.2. The maximum Gasteiger partial charge on any atom is 0.234 e. The monoisotopic (exact) mass is 415 g/mol. The van der Waals surface area contributed by atoms with Gasteiger partial charge in [0.2, 0.25) is 5.91 Å². The second-order valence-corrected chi connectivity index (χ2v) is 8.16. The molecule has 3 rings (SSSR count). The average Bonchev–Trinajstić information content (AvgIpc) is 3.03. The van der Waals surface area contributed by atoms with Crippen LogP contribution in [0, 0.1) is 5.92 Å². The molecule has 0 saturated heterocycles. The normalized spacial score (nSPS) is 11.0. The molecule has 2 aromatic heterocycles. The number of halogens is 1. The Bertz CT molecular complexity index is 912. The molecule has 0 unspecified atom stereocenters. The predicted octanol–water partition coefficient (Wildman–Crippen LogP) is 4.30. The Morgan fingerprint density at radius 1 is 1.21 bits per heavy atom. The molecule has 0 bridgehead atoms. The van der Waals surface area contributed by atoms with Crippen LogP contribution in [-0.4, -0.2) is 31.4 Å². The maximum atomic E-state index is 12.2. The number of nitrogens with zero attached hydrogens (tertiary/aromatic N) is 4. The Kier molecular flexibility index (Phi) is 7.06. The van der Waals surface area contributed by atoms with Crippen molar-refractivity contribution in [3.8, 4) is 0 Å². The third-order valence-electron chi connectivity index (χ3n) is 3.89. The number of nitrogens with one attached hydrogen (secondary N) is 1. The number of hydrogen-bond acceptors (Lipinski definition) is 5. The van der Waals surface area contributed by atoms with Crippen LogP contribution in [0.4, 0.5) is 5.69 Å². The van der Waals surface area contributed by atoms with Crippen molar-refractivity contribution in [1.29, 1.82) is 0 Å². The van der Waals surface area contributed by atoms with Gasteiger partial charge in [0.15, 0.2) is 5.16 Å². The van der Waals surface area contributed by atoms with Crippen LogP contribution < -0.4 is 5.32 Å². The third kappa shape index (κ3) is 5.81. The minimum absolute atomic E-state index is 0.101. The van der Waals surface area contributed by atoms with Crippen molar-refractivity contribution in [1.82, 2.24) is 19.7 Å². The summed E-state index contributed by atoms with van der Waals surface area (Å²) in [7, 11) is 0. The first-order chi connectivity index (χ1) is 13.5. The minimum atomic E-state index is -0.101. The van der Waals surface area contributed by atoms with Gasteiger partial charge in [0.25, 0.3) is 0 Å². The summed E-state index contributed by atoms with van der Waals surface area (Å²) in [6, 6.07) is 11.3. The summed E-state index contributed by atoms with van der Waals surface area (Å²) < 4.78 is 2.10. The van der Waals surface area contributed by atoms with Crippen LogP contribution in [0.15, 0.2) is 53.9 Å². The Balaban J connectivity index is 1.68. The fourth-order valence-corrected chi connectivity index (χ4v) is 3.55. The van der Waals surface area contributed by atoms with Gasteiger partial charge in [-0.3, -0.25) is 9.78 Å². The van der Waals surface area contributed by atoms with Crippen LogP contribution in [0.3, 0.4) is 0 Å². The molecule has 0 aliphatic carbocycles. The van der Waals surface area contributed by atoms with E-state index in [9.17, 15) is 4.79 Å². The number of carbonyl (C=O) groups is 1. The third-order valence-corrected chi connectivity index (χ3v) is 5.11. The fraction of sp³-hybridized carbons (Fsp3) is 0.300. The molecule has 3 aromatic rings. The first-order valence-corrected chi connectivity index (χ1v) is 10.4. The van der Waals surface area contributed by atoms with Crippen molar-refractivity contribution in [2.24, 2.45) is 5.92 Å². The molecule has 1 amide bonds. The lowest BCUT2D eigenvalue weighted by atomic mass is 10.1. The molecule has 1 aromatic carbocycles. The smallest absolute Gasteiger partial charge is 0.234 e. The van der Waals surface area contributed by atoms with Crippen molar-refractivity contribution in [3.63, 3.8) is 0 Å². The van der Waals surface area contributed by atoms with E-state index >= 15 is 0 Å². The van der Waals surface area contributed by atoms with Gasteiger partial charge in [-0.2, -0.15) is 0 Å². The number of rotatable bonds is 8. The van der Waals surface area contributed by atoms with Crippen LogP contribution in [0.25, 0.3) is 0 Å². The van der Waals surface area contributed by atoms with Crippen LogP contribution in [0.1, 0.15) is 25.2 Å². The van der Waals surface area contributed by atoms with E-state index in [1.54, 1.807) is 24.5 Å². The zero-order valence-electron chi connectivity index (χ0n) is 15.8. The average molecular weight is 416 g/mol. The second-order valence-electron chi connectivity index (χ2n) is 6.79. The molecule has 146 valence electrons. The van der Waals surface area contributed by atoms with Gasteiger partial charge >= 0.3 is 0 Å². The number of carbonyl (C=O) groups excluding carboxylic acids is 1. The lowest BCUT2D eigenvalue weighted by Crippen LogP contribution is -2.15. The van der Waals surface area contributed by atoms with E-state index in [0.717, 1.165) is 23.1 Å². The van der Waals surface area contributed by atoms with Gasteiger partial charge in [-0.1, -0.05) is 49.3 Å². The van der Waals surface area contributed by atoms with Crippen LogP contribution in [0.5, 0.6) is 0 Å². The first kappa shape index (κ1) is 20.4.